The van der Waals surface area contributed by atoms with Crippen LogP contribution in [0.4, 0.5) is 0 Å². The molecule has 1 saturated carbocycles. The fourth-order valence-corrected chi connectivity index (χ4v) is 4.78. The molecule has 0 radical (unpaired) electrons. The topological polar surface area (TPSA) is 73.9 Å². The minimum atomic E-state index is -3.68. The molecule has 2 aliphatic rings. The van der Waals surface area contributed by atoms with Gasteiger partial charge in [0.15, 0.2) is 11.5 Å². The van der Waals surface area contributed by atoms with E-state index in [1.165, 1.54) is 7.11 Å². The van der Waals surface area contributed by atoms with Crippen LogP contribution in [0.3, 0.4) is 0 Å². The van der Waals surface area contributed by atoms with Gasteiger partial charge in [-0.3, -0.25) is 0 Å². The standard InChI is InChI=1S/C20H23NO5S/c1-14-3-5-17(24-2)19(11-14)27(22,23)21-13-20(7-8-20)15-4-6-16-18(12-15)26-10-9-25-16/h3-6,11-12,21H,7-10,13H2,1-2H3. The maximum Gasteiger partial charge on any atom is 0.244 e. The Kier molecular flexibility index (Phi) is 4.52. The van der Waals surface area contributed by atoms with Gasteiger partial charge in [0, 0.05) is 12.0 Å². The summed E-state index contributed by atoms with van der Waals surface area (Å²) in [5.74, 6) is 1.82. The van der Waals surface area contributed by atoms with Crippen LogP contribution in [0, 0.1) is 6.92 Å². The molecular formula is C20H23NO5S. The third-order valence-corrected chi connectivity index (χ3v) is 6.64. The molecule has 1 fully saturated rings. The summed E-state index contributed by atoms with van der Waals surface area (Å²) in [6.45, 7) is 3.28. The van der Waals surface area contributed by atoms with Gasteiger partial charge in [0.25, 0.3) is 0 Å². The Balaban J connectivity index is 1.55. The van der Waals surface area contributed by atoms with Crippen LogP contribution < -0.4 is 18.9 Å². The lowest BCUT2D eigenvalue weighted by Gasteiger charge is -2.22. The molecule has 1 aliphatic carbocycles. The van der Waals surface area contributed by atoms with Gasteiger partial charge >= 0.3 is 0 Å². The molecule has 0 unspecified atom stereocenters. The Morgan fingerprint density at radius 3 is 2.52 bits per heavy atom. The number of fused-ring (bicyclic) bond motifs is 1. The van der Waals surface area contributed by atoms with Crippen molar-refractivity contribution in [1.29, 1.82) is 0 Å². The van der Waals surface area contributed by atoms with E-state index in [1.807, 2.05) is 31.2 Å². The van der Waals surface area contributed by atoms with Gasteiger partial charge in [-0.15, -0.1) is 0 Å². The van der Waals surface area contributed by atoms with Crippen LogP contribution in [-0.4, -0.2) is 35.3 Å². The SMILES string of the molecule is COc1ccc(C)cc1S(=O)(=O)NCC1(c2ccc3c(c2)OCCO3)CC1. The van der Waals surface area contributed by atoms with E-state index in [0.29, 0.717) is 25.5 Å². The zero-order valence-corrected chi connectivity index (χ0v) is 16.3. The summed E-state index contributed by atoms with van der Waals surface area (Å²) in [4.78, 5) is 0.169. The number of rotatable bonds is 6. The van der Waals surface area contributed by atoms with Crippen LogP contribution in [0.25, 0.3) is 0 Å². The van der Waals surface area contributed by atoms with E-state index in [4.69, 9.17) is 14.2 Å². The fourth-order valence-electron chi connectivity index (χ4n) is 3.40. The highest BCUT2D eigenvalue weighted by molar-refractivity contribution is 7.89. The normalized spacial score (nSPS) is 17.4. The quantitative estimate of drug-likeness (QED) is 0.822. The second-order valence-electron chi connectivity index (χ2n) is 7.12. The van der Waals surface area contributed by atoms with Gasteiger partial charge < -0.3 is 14.2 Å². The average Bonchev–Trinajstić information content (AvgIpc) is 3.47. The Morgan fingerprint density at radius 1 is 1.07 bits per heavy atom. The molecule has 0 atom stereocenters. The fraction of sp³-hybridized carbons (Fsp3) is 0.400. The number of ether oxygens (including phenoxy) is 3. The van der Waals surface area contributed by atoms with Crippen molar-refractivity contribution in [1.82, 2.24) is 4.72 Å². The van der Waals surface area contributed by atoms with Gasteiger partial charge in [0.1, 0.15) is 23.9 Å². The molecule has 144 valence electrons. The average molecular weight is 389 g/mol. The van der Waals surface area contributed by atoms with Crippen LogP contribution in [0.1, 0.15) is 24.0 Å². The van der Waals surface area contributed by atoms with Crippen LogP contribution in [0.5, 0.6) is 17.2 Å². The minimum absolute atomic E-state index is 0.169. The molecule has 2 aromatic rings. The number of hydrogen-bond acceptors (Lipinski definition) is 5. The van der Waals surface area contributed by atoms with Crippen LogP contribution >= 0.6 is 0 Å². The van der Waals surface area contributed by atoms with Gasteiger partial charge in [-0.2, -0.15) is 0 Å². The Hall–Kier alpha value is -2.25. The van der Waals surface area contributed by atoms with E-state index >= 15 is 0 Å². The second-order valence-corrected chi connectivity index (χ2v) is 8.85. The molecule has 2 aromatic carbocycles. The van der Waals surface area contributed by atoms with Crippen molar-refractivity contribution in [3.63, 3.8) is 0 Å². The number of methoxy groups -OCH3 is 1. The molecular weight excluding hydrogens is 366 g/mol. The molecule has 1 aliphatic heterocycles. The van der Waals surface area contributed by atoms with E-state index in [0.717, 1.165) is 35.5 Å². The lowest BCUT2D eigenvalue weighted by atomic mass is 9.96. The molecule has 27 heavy (non-hydrogen) atoms. The maximum atomic E-state index is 12.9. The summed E-state index contributed by atoms with van der Waals surface area (Å²) in [6, 6.07) is 11.0. The first-order valence-corrected chi connectivity index (χ1v) is 10.5. The highest BCUT2D eigenvalue weighted by Crippen LogP contribution is 2.50. The summed E-state index contributed by atoms with van der Waals surface area (Å²) in [5, 5.41) is 0. The van der Waals surface area contributed by atoms with E-state index in [-0.39, 0.29) is 10.3 Å². The predicted octanol–water partition coefficient (Wildman–Crippen LogP) is 2.78. The lowest BCUT2D eigenvalue weighted by Crippen LogP contribution is -2.32. The summed E-state index contributed by atoms with van der Waals surface area (Å²) in [6.07, 6.45) is 1.86. The monoisotopic (exact) mass is 389 g/mol. The molecule has 1 N–H and O–H groups in total. The highest BCUT2D eigenvalue weighted by Gasteiger charge is 2.45. The largest absolute Gasteiger partial charge is 0.495 e. The molecule has 0 saturated heterocycles. The molecule has 4 rings (SSSR count). The van der Waals surface area contributed by atoms with Crippen molar-refractivity contribution >= 4 is 10.0 Å². The summed E-state index contributed by atoms with van der Waals surface area (Å²) in [7, 11) is -2.20. The van der Waals surface area contributed by atoms with Crippen molar-refractivity contribution in [3.8, 4) is 17.2 Å². The van der Waals surface area contributed by atoms with Crippen molar-refractivity contribution in [3.05, 3.63) is 47.5 Å². The molecule has 0 amide bonds. The maximum absolute atomic E-state index is 12.9. The van der Waals surface area contributed by atoms with Gasteiger partial charge in [-0.25, -0.2) is 13.1 Å². The first-order chi connectivity index (χ1) is 12.9. The second kappa shape index (κ2) is 6.73. The number of nitrogens with one attached hydrogen (secondary N) is 1. The third-order valence-electron chi connectivity index (χ3n) is 5.22. The minimum Gasteiger partial charge on any atom is -0.495 e. The van der Waals surface area contributed by atoms with E-state index < -0.39 is 10.0 Å². The Bertz CT molecular complexity index is 966. The molecule has 6 nitrogen and oxygen atoms in total. The van der Waals surface area contributed by atoms with Crippen LogP contribution in [-0.2, 0) is 15.4 Å². The number of benzene rings is 2. The van der Waals surface area contributed by atoms with E-state index in [9.17, 15) is 8.42 Å². The third kappa shape index (κ3) is 3.49. The zero-order valence-electron chi connectivity index (χ0n) is 15.4. The molecule has 0 bridgehead atoms. The smallest absolute Gasteiger partial charge is 0.244 e. The van der Waals surface area contributed by atoms with Gasteiger partial charge in [-0.1, -0.05) is 12.1 Å². The van der Waals surface area contributed by atoms with Crippen molar-refractivity contribution in [2.24, 2.45) is 0 Å². The van der Waals surface area contributed by atoms with Crippen molar-refractivity contribution in [2.45, 2.75) is 30.1 Å². The van der Waals surface area contributed by atoms with Gasteiger partial charge in [0.2, 0.25) is 10.0 Å². The van der Waals surface area contributed by atoms with E-state index in [1.54, 1.807) is 12.1 Å². The molecule has 1 heterocycles. The lowest BCUT2D eigenvalue weighted by molar-refractivity contribution is 0.171. The summed E-state index contributed by atoms with van der Waals surface area (Å²) >= 11 is 0. The Morgan fingerprint density at radius 2 is 1.81 bits per heavy atom. The number of sulfonamides is 1. The van der Waals surface area contributed by atoms with Crippen LogP contribution in [0.2, 0.25) is 0 Å². The van der Waals surface area contributed by atoms with E-state index in [2.05, 4.69) is 4.72 Å². The first kappa shape index (κ1) is 18.1. The molecule has 0 spiro atoms. The molecule has 7 heteroatoms. The number of hydrogen-bond donors (Lipinski definition) is 1. The first-order valence-electron chi connectivity index (χ1n) is 8.98. The van der Waals surface area contributed by atoms with Crippen molar-refractivity contribution < 1.29 is 22.6 Å². The van der Waals surface area contributed by atoms with Crippen molar-refractivity contribution in [2.75, 3.05) is 26.9 Å². The molecule has 0 aromatic heterocycles. The number of aryl methyl sites for hydroxylation is 1. The predicted molar refractivity (Wildman–Crippen MR) is 101 cm³/mol. The summed E-state index contributed by atoms with van der Waals surface area (Å²) in [5.41, 5.74) is 1.75. The summed E-state index contributed by atoms with van der Waals surface area (Å²) < 4.78 is 45.0. The zero-order chi connectivity index (χ0) is 19.1. The van der Waals surface area contributed by atoms with Crippen LogP contribution in [0.15, 0.2) is 41.3 Å². The highest BCUT2D eigenvalue weighted by atomic mass is 32.2. The van der Waals surface area contributed by atoms with Gasteiger partial charge in [-0.05, 0) is 55.2 Å². The Labute approximate surface area is 159 Å². The van der Waals surface area contributed by atoms with Gasteiger partial charge in [0.05, 0.1) is 7.11 Å².